The maximum Gasteiger partial charge on any atom is 0.463 e. The summed E-state index contributed by atoms with van der Waals surface area (Å²) in [5, 5.41) is 3.95. The van der Waals surface area contributed by atoms with Crippen molar-refractivity contribution in [2.45, 2.75) is 136 Å². The quantitative estimate of drug-likeness (QED) is 0.0988. The minimum Gasteiger partial charge on any atom is -0.464 e. The molecule has 2 N–H and O–H groups in total. The van der Waals surface area contributed by atoms with Crippen molar-refractivity contribution in [3.05, 3.63) is 0 Å². The molecular weight excluding hydrogens is 511 g/mol. The lowest BCUT2D eigenvalue weighted by Crippen LogP contribution is -2.60. The van der Waals surface area contributed by atoms with Crippen LogP contribution in [-0.2, 0) is 19.1 Å². The predicted molar refractivity (Wildman–Crippen MR) is 137 cm³/mol. The lowest BCUT2D eigenvalue weighted by molar-refractivity contribution is -0.270. The fourth-order valence-corrected chi connectivity index (χ4v) is 3.83. The number of carbonyl (C=O) groups is 3. The van der Waals surface area contributed by atoms with Crippen molar-refractivity contribution in [3.8, 4) is 0 Å². The number of amides is 2. The molecular formula is C27H47F5N2O4. The van der Waals surface area contributed by atoms with Gasteiger partial charge in [0, 0.05) is 0 Å². The number of ether oxygens (including phenoxy) is 1. The number of esters is 1. The Labute approximate surface area is 224 Å². The number of rotatable bonds is 20. The van der Waals surface area contributed by atoms with Gasteiger partial charge in [-0.15, -0.1) is 0 Å². The van der Waals surface area contributed by atoms with E-state index in [4.69, 9.17) is 4.74 Å². The highest BCUT2D eigenvalue weighted by atomic mass is 19.4. The summed E-state index contributed by atoms with van der Waals surface area (Å²) >= 11 is 0. The van der Waals surface area contributed by atoms with Crippen LogP contribution in [0.15, 0.2) is 0 Å². The van der Waals surface area contributed by atoms with Gasteiger partial charge in [-0.1, -0.05) is 105 Å². The SMILES string of the molecule is CCCCCCCCCCCCOC(=O)C(NC(=O)C(NC(=O)C(F)(F)C(F)(F)F)C(C)CC)C(C)CC. The number of carbonyl (C=O) groups excluding carboxylic acids is 3. The Morgan fingerprint density at radius 2 is 1.13 bits per heavy atom. The Morgan fingerprint density at radius 3 is 1.58 bits per heavy atom. The van der Waals surface area contributed by atoms with Crippen LogP contribution in [0.2, 0.25) is 0 Å². The highest BCUT2D eigenvalue weighted by Crippen LogP contribution is 2.35. The molecule has 0 aromatic rings. The zero-order chi connectivity index (χ0) is 29.4. The first kappa shape index (κ1) is 36.1. The van der Waals surface area contributed by atoms with E-state index in [0.717, 1.165) is 19.3 Å². The van der Waals surface area contributed by atoms with E-state index in [1.807, 2.05) is 0 Å². The van der Waals surface area contributed by atoms with Gasteiger partial charge in [0.25, 0.3) is 0 Å². The molecule has 0 aliphatic carbocycles. The van der Waals surface area contributed by atoms with Gasteiger partial charge in [-0.3, -0.25) is 9.59 Å². The fourth-order valence-electron chi connectivity index (χ4n) is 3.83. The molecule has 2 amide bonds. The molecule has 0 aromatic carbocycles. The summed E-state index contributed by atoms with van der Waals surface area (Å²) in [5.74, 6) is -11.2. The first-order valence-corrected chi connectivity index (χ1v) is 14.0. The molecule has 0 fully saturated rings. The summed E-state index contributed by atoms with van der Waals surface area (Å²) < 4.78 is 70.1. The molecule has 11 heteroatoms. The monoisotopic (exact) mass is 558 g/mol. The van der Waals surface area contributed by atoms with E-state index in [2.05, 4.69) is 12.2 Å². The van der Waals surface area contributed by atoms with Crippen molar-refractivity contribution in [3.63, 3.8) is 0 Å². The Bertz CT molecular complexity index is 703. The van der Waals surface area contributed by atoms with Gasteiger partial charge in [0.2, 0.25) is 5.91 Å². The molecule has 0 heterocycles. The van der Waals surface area contributed by atoms with Gasteiger partial charge in [-0.2, -0.15) is 22.0 Å². The van der Waals surface area contributed by atoms with Crippen LogP contribution in [0.1, 0.15) is 112 Å². The van der Waals surface area contributed by atoms with Crippen molar-refractivity contribution < 1.29 is 41.1 Å². The number of halogens is 5. The van der Waals surface area contributed by atoms with Gasteiger partial charge in [-0.25, -0.2) is 4.79 Å². The van der Waals surface area contributed by atoms with Gasteiger partial charge in [0.1, 0.15) is 12.1 Å². The molecule has 0 spiro atoms. The third-order valence-corrected chi connectivity index (χ3v) is 6.93. The highest BCUT2D eigenvalue weighted by molar-refractivity contribution is 5.93. The van der Waals surface area contributed by atoms with E-state index in [9.17, 15) is 36.3 Å². The maximum absolute atomic E-state index is 13.5. The van der Waals surface area contributed by atoms with Crippen LogP contribution in [0.4, 0.5) is 22.0 Å². The Balaban J connectivity index is 4.94. The van der Waals surface area contributed by atoms with Gasteiger partial charge in [0.05, 0.1) is 6.61 Å². The van der Waals surface area contributed by atoms with Crippen LogP contribution in [0.5, 0.6) is 0 Å². The first-order chi connectivity index (χ1) is 17.7. The topological polar surface area (TPSA) is 84.5 Å². The van der Waals surface area contributed by atoms with E-state index in [1.165, 1.54) is 50.8 Å². The molecule has 0 aliphatic heterocycles. The summed E-state index contributed by atoms with van der Waals surface area (Å²) in [7, 11) is 0. The summed E-state index contributed by atoms with van der Waals surface area (Å²) in [6, 6.07) is -2.83. The second-order valence-corrected chi connectivity index (χ2v) is 10.1. The summed E-state index contributed by atoms with van der Waals surface area (Å²) in [5.41, 5.74) is 0. The Morgan fingerprint density at radius 1 is 0.684 bits per heavy atom. The minimum absolute atomic E-state index is 0.154. The van der Waals surface area contributed by atoms with Crippen molar-refractivity contribution in [2.75, 3.05) is 6.61 Å². The number of alkyl halides is 5. The lowest BCUT2D eigenvalue weighted by atomic mass is 9.95. The molecule has 38 heavy (non-hydrogen) atoms. The second-order valence-electron chi connectivity index (χ2n) is 10.1. The van der Waals surface area contributed by atoms with E-state index < -0.39 is 53.8 Å². The average Bonchev–Trinajstić information content (AvgIpc) is 2.86. The third-order valence-electron chi connectivity index (χ3n) is 6.93. The number of hydrogen-bond acceptors (Lipinski definition) is 4. The maximum atomic E-state index is 13.5. The second kappa shape index (κ2) is 18.4. The van der Waals surface area contributed by atoms with E-state index in [1.54, 1.807) is 20.8 Å². The van der Waals surface area contributed by atoms with Crippen LogP contribution in [0.3, 0.4) is 0 Å². The van der Waals surface area contributed by atoms with Gasteiger partial charge in [0.15, 0.2) is 0 Å². The van der Waals surface area contributed by atoms with Crippen LogP contribution < -0.4 is 10.6 Å². The number of hydrogen-bond donors (Lipinski definition) is 2. The molecule has 224 valence electrons. The number of unbranched alkanes of at least 4 members (excludes halogenated alkanes) is 9. The molecule has 0 saturated heterocycles. The largest absolute Gasteiger partial charge is 0.464 e. The van der Waals surface area contributed by atoms with Crippen molar-refractivity contribution >= 4 is 17.8 Å². The predicted octanol–water partition coefficient (Wildman–Crippen LogP) is 6.71. The van der Waals surface area contributed by atoms with E-state index >= 15 is 0 Å². The molecule has 0 aliphatic rings. The normalized spacial score (nSPS) is 15.3. The van der Waals surface area contributed by atoms with Crippen LogP contribution >= 0.6 is 0 Å². The van der Waals surface area contributed by atoms with Crippen molar-refractivity contribution in [1.82, 2.24) is 10.6 Å². The summed E-state index contributed by atoms with van der Waals surface area (Å²) in [6.45, 7) is 8.81. The molecule has 6 nitrogen and oxygen atoms in total. The molecule has 4 atom stereocenters. The van der Waals surface area contributed by atoms with Gasteiger partial charge >= 0.3 is 24.0 Å². The van der Waals surface area contributed by atoms with Crippen LogP contribution in [0, 0.1) is 11.8 Å². The summed E-state index contributed by atoms with van der Waals surface area (Å²) in [6.07, 6.45) is 5.64. The van der Waals surface area contributed by atoms with E-state index in [-0.39, 0.29) is 13.0 Å². The molecule has 0 saturated carbocycles. The Hall–Kier alpha value is -1.94. The molecule has 4 unspecified atom stereocenters. The summed E-state index contributed by atoms with van der Waals surface area (Å²) in [4.78, 5) is 37.3. The van der Waals surface area contributed by atoms with Gasteiger partial charge in [-0.05, 0) is 18.3 Å². The van der Waals surface area contributed by atoms with Crippen LogP contribution in [-0.4, -0.2) is 48.6 Å². The van der Waals surface area contributed by atoms with Crippen molar-refractivity contribution in [1.29, 1.82) is 0 Å². The molecule has 0 radical (unpaired) electrons. The fraction of sp³-hybridized carbons (Fsp3) is 0.889. The van der Waals surface area contributed by atoms with Crippen LogP contribution in [0.25, 0.3) is 0 Å². The molecule has 0 aromatic heterocycles. The zero-order valence-electron chi connectivity index (χ0n) is 23.5. The van der Waals surface area contributed by atoms with E-state index in [0.29, 0.717) is 12.8 Å². The third kappa shape index (κ3) is 12.7. The zero-order valence-corrected chi connectivity index (χ0v) is 23.5. The lowest BCUT2D eigenvalue weighted by Gasteiger charge is -2.29. The minimum atomic E-state index is -6.11. The number of nitrogens with one attached hydrogen (secondary N) is 2. The smallest absolute Gasteiger partial charge is 0.463 e. The standard InChI is InChI=1S/C27H47F5N2O4/c1-6-9-10-11-12-13-14-15-16-17-18-38-24(36)22(20(5)8-3)33-23(35)21(19(4)7-2)34-25(37)26(28,29)27(30,31)32/h19-22H,6-18H2,1-5H3,(H,33,35)(H,34,37). The average molecular weight is 559 g/mol. The first-order valence-electron chi connectivity index (χ1n) is 14.0. The Kier molecular flexibility index (Phi) is 17.4. The van der Waals surface area contributed by atoms with Gasteiger partial charge < -0.3 is 15.4 Å². The molecule has 0 rings (SSSR count). The van der Waals surface area contributed by atoms with Crippen molar-refractivity contribution in [2.24, 2.45) is 11.8 Å². The highest BCUT2D eigenvalue weighted by Gasteiger charge is 2.63. The molecule has 0 bridgehead atoms.